The fourth-order valence-corrected chi connectivity index (χ4v) is 1.63. The predicted molar refractivity (Wildman–Crippen MR) is 61.8 cm³/mol. The van der Waals surface area contributed by atoms with Crippen molar-refractivity contribution in [2.45, 2.75) is 0 Å². The molecule has 0 unspecified atom stereocenters. The van der Waals surface area contributed by atoms with Gasteiger partial charge in [0.05, 0.1) is 12.5 Å². The van der Waals surface area contributed by atoms with Crippen LogP contribution in [0.15, 0.2) is 29.1 Å². The van der Waals surface area contributed by atoms with Crippen molar-refractivity contribution < 1.29 is 20.1 Å². The molecular formula is C12H10O5. The van der Waals surface area contributed by atoms with Crippen LogP contribution in [0.3, 0.4) is 0 Å². The Kier molecular flexibility index (Phi) is 2.51. The molecule has 0 fully saturated rings. The molecule has 0 aliphatic carbocycles. The zero-order valence-electron chi connectivity index (χ0n) is 8.97. The molecule has 2 aromatic carbocycles. The standard InChI is InChI=1S/C12H10O5/c1-17-8-5-6-3-2-4-7(13)10(14)9(6)12(16)11(8)15/h2-5,15-16H,1H3,(H,13,14). The number of hydrogen-bond acceptors (Lipinski definition) is 5. The van der Waals surface area contributed by atoms with E-state index in [1.54, 1.807) is 0 Å². The Morgan fingerprint density at radius 3 is 2.41 bits per heavy atom. The highest BCUT2D eigenvalue weighted by molar-refractivity contribution is 5.96. The minimum Gasteiger partial charge on any atom is -0.504 e. The van der Waals surface area contributed by atoms with E-state index < -0.39 is 22.7 Å². The molecule has 3 N–H and O–H groups in total. The monoisotopic (exact) mass is 234 g/mol. The molecule has 0 radical (unpaired) electrons. The van der Waals surface area contributed by atoms with Crippen LogP contribution in [0.4, 0.5) is 0 Å². The van der Waals surface area contributed by atoms with Crippen molar-refractivity contribution in [1.82, 2.24) is 0 Å². The average Bonchev–Trinajstić information content (AvgIpc) is 2.45. The third-order valence-electron chi connectivity index (χ3n) is 2.48. The number of aromatic hydroxyl groups is 3. The molecule has 5 heteroatoms. The summed E-state index contributed by atoms with van der Waals surface area (Å²) in [7, 11) is 1.34. The molecule has 2 aromatic rings. The van der Waals surface area contributed by atoms with Crippen LogP contribution in [0.5, 0.6) is 23.0 Å². The average molecular weight is 234 g/mol. The van der Waals surface area contributed by atoms with Crippen LogP contribution in [-0.2, 0) is 0 Å². The Bertz CT molecular complexity index is 648. The van der Waals surface area contributed by atoms with E-state index in [1.165, 1.54) is 25.3 Å². The molecule has 0 atom stereocenters. The molecule has 0 bridgehead atoms. The van der Waals surface area contributed by atoms with Crippen LogP contribution in [0.2, 0.25) is 0 Å². The number of fused-ring (bicyclic) bond motifs is 1. The first-order chi connectivity index (χ1) is 8.06. The lowest BCUT2D eigenvalue weighted by molar-refractivity contribution is 0.353. The van der Waals surface area contributed by atoms with Gasteiger partial charge < -0.3 is 20.1 Å². The van der Waals surface area contributed by atoms with Crippen molar-refractivity contribution in [3.05, 3.63) is 34.5 Å². The Hall–Kier alpha value is -2.43. The van der Waals surface area contributed by atoms with Crippen molar-refractivity contribution in [3.8, 4) is 23.0 Å². The maximum absolute atomic E-state index is 11.4. The summed E-state index contributed by atoms with van der Waals surface area (Å²) >= 11 is 0. The highest BCUT2D eigenvalue weighted by Crippen LogP contribution is 2.43. The lowest BCUT2D eigenvalue weighted by Crippen LogP contribution is -1.93. The first-order valence-electron chi connectivity index (χ1n) is 4.81. The van der Waals surface area contributed by atoms with E-state index in [0.717, 1.165) is 6.07 Å². The molecule has 0 aromatic heterocycles. The van der Waals surface area contributed by atoms with Gasteiger partial charge in [-0.3, -0.25) is 4.79 Å². The van der Waals surface area contributed by atoms with Gasteiger partial charge in [-0.15, -0.1) is 0 Å². The summed E-state index contributed by atoms with van der Waals surface area (Å²) < 4.78 is 4.86. The van der Waals surface area contributed by atoms with Gasteiger partial charge in [0.2, 0.25) is 11.2 Å². The van der Waals surface area contributed by atoms with Gasteiger partial charge in [0.25, 0.3) is 0 Å². The van der Waals surface area contributed by atoms with E-state index >= 15 is 0 Å². The van der Waals surface area contributed by atoms with Crippen molar-refractivity contribution in [1.29, 1.82) is 0 Å². The van der Waals surface area contributed by atoms with Crippen molar-refractivity contribution >= 4 is 10.8 Å². The van der Waals surface area contributed by atoms with Crippen LogP contribution in [0.25, 0.3) is 10.8 Å². The Balaban J connectivity index is 3.06. The van der Waals surface area contributed by atoms with Gasteiger partial charge in [0, 0.05) is 0 Å². The van der Waals surface area contributed by atoms with Crippen molar-refractivity contribution in [2.75, 3.05) is 7.11 Å². The van der Waals surface area contributed by atoms with Gasteiger partial charge in [-0.05, 0) is 17.5 Å². The fraction of sp³-hybridized carbons (Fsp3) is 0.0833. The highest BCUT2D eigenvalue weighted by Gasteiger charge is 2.15. The van der Waals surface area contributed by atoms with Crippen LogP contribution >= 0.6 is 0 Å². The predicted octanol–water partition coefficient (Wildman–Crippen LogP) is 1.33. The van der Waals surface area contributed by atoms with E-state index in [9.17, 15) is 20.1 Å². The number of benzene rings is 1. The summed E-state index contributed by atoms with van der Waals surface area (Å²) in [6, 6.07) is 5.56. The first-order valence-corrected chi connectivity index (χ1v) is 4.81. The molecule has 0 saturated heterocycles. The van der Waals surface area contributed by atoms with E-state index in [2.05, 4.69) is 0 Å². The Morgan fingerprint density at radius 2 is 1.76 bits per heavy atom. The molecule has 2 rings (SSSR count). The van der Waals surface area contributed by atoms with Crippen molar-refractivity contribution in [2.24, 2.45) is 0 Å². The van der Waals surface area contributed by atoms with Gasteiger partial charge in [0.15, 0.2) is 17.2 Å². The fourth-order valence-electron chi connectivity index (χ4n) is 1.63. The molecule has 0 aliphatic rings. The minimum atomic E-state index is -0.639. The van der Waals surface area contributed by atoms with Crippen LogP contribution < -0.4 is 10.2 Å². The molecule has 17 heavy (non-hydrogen) atoms. The molecule has 88 valence electrons. The summed E-state index contributed by atoms with van der Waals surface area (Å²) in [6.45, 7) is 0. The van der Waals surface area contributed by atoms with E-state index in [0.29, 0.717) is 5.39 Å². The number of rotatable bonds is 1. The normalized spacial score (nSPS) is 10.4. The first kappa shape index (κ1) is 11.1. The van der Waals surface area contributed by atoms with Crippen LogP contribution in [0.1, 0.15) is 0 Å². The lowest BCUT2D eigenvalue weighted by Gasteiger charge is -2.07. The molecule has 0 amide bonds. The zero-order valence-corrected chi connectivity index (χ0v) is 8.97. The smallest absolute Gasteiger partial charge is 0.220 e. The number of phenolic OH excluding ortho intramolecular Hbond substituents is 2. The minimum absolute atomic E-state index is 0.0630. The van der Waals surface area contributed by atoms with E-state index in [4.69, 9.17) is 4.74 Å². The Labute approximate surface area is 96.1 Å². The maximum Gasteiger partial charge on any atom is 0.220 e. The topological polar surface area (TPSA) is 87.0 Å². The molecule has 0 aliphatic heterocycles. The summed E-state index contributed by atoms with van der Waals surface area (Å²) in [5.74, 6) is -1.64. The largest absolute Gasteiger partial charge is 0.504 e. The molecule has 0 spiro atoms. The maximum atomic E-state index is 11.4. The zero-order chi connectivity index (χ0) is 12.6. The molecule has 0 saturated carbocycles. The van der Waals surface area contributed by atoms with Gasteiger partial charge >= 0.3 is 0 Å². The SMILES string of the molecule is COc1cc2cccc(=O)c(O)c2c(O)c1O. The third-order valence-corrected chi connectivity index (χ3v) is 2.48. The van der Waals surface area contributed by atoms with Gasteiger partial charge in [-0.2, -0.15) is 0 Å². The third kappa shape index (κ3) is 1.61. The summed E-state index contributed by atoms with van der Waals surface area (Å²) in [6.07, 6.45) is 0. The molecular weight excluding hydrogens is 224 g/mol. The van der Waals surface area contributed by atoms with Crippen LogP contribution in [0, 0.1) is 0 Å². The summed E-state index contributed by atoms with van der Waals surface area (Å²) in [5.41, 5.74) is -0.639. The van der Waals surface area contributed by atoms with Crippen LogP contribution in [-0.4, -0.2) is 22.4 Å². The number of phenols is 2. The lowest BCUT2D eigenvalue weighted by atomic mass is 10.1. The quantitative estimate of drug-likeness (QED) is 0.648. The second-order valence-corrected chi connectivity index (χ2v) is 3.48. The number of methoxy groups -OCH3 is 1. The van der Waals surface area contributed by atoms with Gasteiger partial charge in [-0.1, -0.05) is 12.1 Å². The summed E-state index contributed by atoms with van der Waals surface area (Å²) in [4.78, 5) is 11.4. The van der Waals surface area contributed by atoms with Gasteiger partial charge in [-0.25, -0.2) is 0 Å². The van der Waals surface area contributed by atoms with Gasteiger partial charge in [0.1, 0.15) is 0 Å². The Morgan fingerprint density at radius 1 is 1.06 bits per heavy atom. The second-order valence-electron chi connectivity index (χ2n) is 3.48. The second kappa shape index (κ2) is 3.86. The highest BCUT2D eigenvalue weighted by atomic mass is 16.5. The molecule has 5 nitrogen and oxygen atoms in total. The van der Waals surface area contributed by atoms with Crippen molar-refractivity contribution in [3.63, 3.8) is 0 Å². The number of ether oxygens (including phenoxy) is 1. The number of hydrogen-bond donors (Lipinski definition) is 3. The molecule has 0 heterocycles. The van der Waals surface area contributed by atoms with E-state index in [1.807, 2.05) is 0 Å². The summed E-state index contributed by atoms with van der Waals surface area (Å²) in [5, 5.41) is 29.3. The van der Waals surface area contributed by atoms with E-state index in [-0.39, 0.29) is 11.1 Å².